The van der Waals surface area contributed by atoms with Crippen LogP contribution in [0.5, 0.6) is 0 Å². The molecule has 0 heterocycles. The van der Waals surface area contributed by atoms with Gasteiger partial charge < -0.3 is 10.4 Å². The smallest absolute Gasteiger partial charge is 0.0828 e. The summed E-state index contributed by atoms with van der Waals surface area (Å²) in [6.07, 6.45) is 5.54. The van der Waals surface area contributed by atoms with Gasteiger partial charge in [0.05, 0.1) is 18.5 Å². The molecule has 0 amide bonds. The largest absolute Gasteiger partial charge is 0.389 e. The second-order valence-corrected chi connectivity index (χ2v) is 3.26. The van der Waals surface area contributed by atoms with E-state index in [1.54, 1.807) is 20.2 Å². The minimum Gasteiger partial charge on any atom is -0.389 e. The van der Waals surface area contributed by atoms with Crippen molar-refractivity contribution < 1.29 is 5.11 Å². The molecule has 0 spiro atoms. The highest BCUT2D eigenvalue weighted by Crippen LogP contribution is 1.95. The van der Waals surface area contributed by atoms with Crippen molar-refractivity contribution in [3.63, 3.8) is 0 Å². The quantitative estimate of drug-likeness (QED) is 0.366. The first-order chi connectivity index (χ1) is 5.56. The summed E-state index contributed by atoms with van der Waals surface area (Å²) in [5.41, 5.74) is -0.674. The number of nitrogens with one attached hydrogen (secondary N) is 1. The molecule has 0 bridgehead atoms. The van der Waals surface area contributed by atoms with Crippen LogP contribution in [0.1, 0.15) is 20.8 Å². The van der Waals surface area contributed by atoms with Crippen LogP contribution in [0.4, 0.5) is 0 Å². The lowest BCUT2D eigenvalue weighted by atomic mass is 10.1. The minimum atomic E-state index is -0.674. The van der Waals surface area contributed by atoms with Crippen LogP contribution >= 0.6 is 0 Å². The van der Waals surface area contributed by atoms with Gasteiger partial charge in [0.15, 0.2) is 0 Å². The molecule has 0 aromatic rings. The Kier molecular flexibility index (Phi) is 5.37. The highest BCUT2D eigenvalue weighted by Gasteiger charge is 2.09. The second-order valence-electron chi connectivity index (χ2n) is 3.26. The third kappa shape index (κ3) is 9.17. The van der Waals surface area contributed by atoms with Gasteiger partial charge in [-0.3, -0.25) is 4.99 Å². The van der Waals surface area contributed by atoms with Crippen LogP contribution in [0.2, 0.25) is 0 Å². The summed E-state index contributed by atoms with van der Waals surface area (Å²) in [7, 11) is 0. The van der Waals surface area contributed by atoms with E-state index in [1.165, 1.54) is 0 Å². The van der Waals surface area contributed by atoms with E-state index in [0.29, 0.717) is 13.1 Å². The Morgan fingerprint density at radius 3 is 2.67 bits per heavy atom. The second kappa shape index (κ2) is 5.77. The lowest BCUT2D eigenvalue weighted by molar-refractivity contribution is 0.0853. The average Bonchev–Trinajstić information content (AvgIpc) is 1.94. The lowest BCUT2D eigenvalue weighted by Gasteiger charge is -2.15. The van der Waals surface area contributed by atoms with Crippen molar-refractivity contribution >= 4 is 6.34 Å². The number of hydrogen-bond acceptors (Lipinski definition) is 2. The molecule has 70 valence electrons. The molecule has 0 rings (SSSR count). The zero-order valence-electron chi connectivity index (χ0n) is 8.04. The predicted octanol–water partition coefficient (Wildman–Crippen LogP) is 0.951. The molecule has 0 aliphatic carbocycles. The van der Waals surface area contributed by atoms with Crippen molar-refractivity contribution in [2.24, 2.45) is 4.99 Å². The third-order valence-corrected chi connectivity index (χ3v) is 1.16. The first kappa shape index (κ1) is 11.2. The van der Waals surface area contributed by atoms with E-state index in [9.17, 15) is 5.11 Å². The van der Waals surface area contributed by atoms with Crippen molar-refractivity contribution in [3.05, 3.63) is 12.2 Å². The van der Waals surface area contributed by atoms with Gasteiger partial charge >= 0.3 is 0 Å². The molecule has 0 radical (unpaired) electrons. The van der Waals surface area contributed by atoms with Crippen molar-refractivity contribution in [2.45, 2.75) is 26.4 Å². The van der Waals surface area contributed by atoms with E-state index in [0.717, 1.165) is 0 Å². The van der Waals surface area contributed by atoms with Crippen molar-refractivity contribution in [2.75, 3.05) is 13.1 Å². The van der Waals surface area contributed by atoms with Crippen LogP contribution in [0, 0.1) is 0 Å². The zero-order valence-corrected chi connectivity index (χ0v) is 8.04. The maximum atomic E-state index is 9.28. The van der Waals surface area contributed by atoms with Crippen LogP contribution in [0.15, 0.2) is 17.1 Å². The number of nitrogens with zero attached hydrogens (tertiary/aromatic N) is 1. The minimum absolute atomic E-state index is 0.520. The van der Waals surface area contributed by atoms with E-state index >= 15 is 0 Å². The fourth-order valence-corrected chi connectivity index (χ4v) is 0.579. The molecule has 0 saturated carbocycles. The van der Waals surface area contributed by atoms with Crippen LogP contribution in [-0.2, 0) is 0 Å². The van der Waals surface area contributed by atoms with Crippen LogP contribution in [0.25, 0.3) is 0 Å². The van der Waals surface area contributed by atoms with Gasteiger partial charge in [0.2, 0.25) is 0 Å². The van der Waals surface area contributed by atoms with Crippen LogP contribution in [0.3, 0.4) is 0 Å². The summed E-state index contributed by atoms with van der Waals surface area (Å²) >= 11 is 0. The molecule has 0 aliphatic rings. The summed E-state index contributed by atoms with van der Waals surface area (Å²) in [6, 6.07) is 0. The SMILES string of the molecule is C/C=C\CN=CNCC(C)(C)O. The van der Waals surface area contributed by atoms with Gasteiger partial charge in [0, 0.05) is 6.54 Å². The van der Waals surface area contributed by atoms with E-state index in [1.807, 2.05) is 19.1 Å². The van der Waals surface area contributed by atoms with Crippen molar-refractivity contribution in [3.8, 4) is 0 Å². The lowest BCUT2D eigenvalue weighted by Crippen LogP contribution is -2.33. The molecule has 0 saturated heterocycles. The van der Waals surface area contributed by atoms with E-state index in [4.69, 9.17) is 0 Å². The summed E-state index contributed by atoms with van der Waals surface area (Å²) in [4.78, 5) is 4.03. The molecular formula is C9H18N2O. The van der Waals surface area contributed by atoms with Gasteiger partial charge in [-0.25, -0.2) is 0 Å². The van der Waals surface area contributed by atoms with Gasteiger partial charge in [-0.2, -0.15) is 0 Å². The number of aliphatic hydroxyl groups is 1. The number of aliphatic imine (C=N–C) groups is 1. The highest BCUT2D eigenvalue weighted by atomic mass is 16.3. The summed E-state index contributed by atoms with van der Waals surface area (Å²) in [5.74, 6) is 0. The molecule has 3 nitrogen and oxygen atoms in total. The van der Waals surface area contributed by atoms with E-state index < -0.39 is 5.60 Å². The number of hydrogen-bond donors (Lipinski definition) is 2. The van der Waals surface area contributed by atoms with Gasteiger partial charge in [-0.15, -0.1) is 0 Å². The summed E-state index contributed by atoms with van der Waals surface area (Å²) < 4.78 is 0. The highest BCUT2D eigenvalue weighted by molar-refractivity contribution is 5.54. The monoisotopic (exact) mass is 170 g/mol. The maximum absolute atomic E-state index is 9.28. The maximum Gasteiger partial charge on any atom is 0.0828 e. The van der Waals surface area contributed by atoms with Gasteiger partial charge in [0.1, 0.15) is 0 Å². The van der Waals surface area contributed by atoms with Crippen molar-refractivity contribution in [1.29, 1.82) is 0 Å². The molecule has 0 unspecified atom stereocenters. The van der Waals surface area contributed by atoms with Gasteiger partial charge in [-0.05, 0) is 20.8 Å². The molecule has 3 heteroatoms. The van der Waals surface area contributed by atoms with E-state index in [2.05, 4.69) is 10.3 Å². The standard InChI is InChI=1S/C9H18N2O/c1-4-5-6-10-8-11-7-9(2,3)12/h4-5,8,12H,6-7H2,1-3H3,(H,10,11)/b5-4-. The summed E-state index contributed by atoms with van der Waals surface area (Å²) in [5, 5.41) is 12.2. The molecule has 0 aromatic heterocycles. The van der Waals surface area contributed by atoms with Crippen LogP contribution < -0.4 is 5.32 Å². The molecule has 0 fully saturated rings. The van der Waals surface area contributed by atoms with Gasteiger partial charge in [-0.1, -0.05) is 12.2 Å². The average molecular weight is 170 g/mol. The molecule has 0 atom stereocenters. The molecular weight excluding hydrogens is 152 g/mol. The Bertz CT molecular complexity index is 156. The number of allylic oxidation sites excluding steroid dienone is 1. The Balaban J connectivity index is 3.37. The predicted molar refractivity (Wildman–Crippen MR) is 52.5 cm³/mol. The molecule has 0 aromatic carbocycles. The third-order valence-electron chi connectivity index (χ3n) is 1.16. The number of rotatable bonds is 5. The Morgan fingerprint density at radius 2 is 2.17 bits per heavy atom. The Morgan fingerprint density at radius 1 is 1.50 bits per heavy atom. The Labute approximate surface area is 74.2 Å². The molecule has 2 N–H and O–H groups in total. The van der Waals surface area contributed by atoms with E-state index in [-0.39, 0.29) is 0 Å². The Hall–Kier alpha value is -0.830. The van der Waals surface area contributed by atoms with Crippen molar-refractivity contribution in [1.82, 2.24) is 5.32 Å². The van der Waals surface area contributed by atoms with Crippen LogP contribution in [-0.4, -0.2) is 30.1 Å². The molecule has 0 aliphatic heterocycles. The topological polar surface area (TPSA) is 44.6 Å². The fraction of sp³-hybridized carbons (Fsp3) is 0.667. The molecule has 12 heavy (non-hydrogen) atoms. The fourth-order valence-electron chi connectivity index (χ4n) is 0.579. The first-order valence-corrected chi connectivity index (χ1v) is 4.11. The van der Waals surface area contributed by atoms with Gasteiger partial charge in [0.25, 0.3) is 0 Å². The first-order valence-electron chi connectivity index (χ1n) is 4.11. The zero-order chi connectivity index (χ0) is 9.45. The summed E-state index contributed by atoms with van der Waals surface area (Å²) in [6.45, 7) is 6.67. The normalized spacial score (nSPS) is 13.0.